The highest BCUT2D eigenvalue weighted by Crippen LogP contribution is 2.15. The number of esters is 2. The van der Waals surface area contributed by atoms with E-state index >= 15 is 0 Å². The van der Waals surface area contributed by atoms with Gasteiger partial charge in [0.2, 0.25) is 0 Å². The van der Waals surface area contributed by atoms with Crippen LogP contribution in [0.15, 0.2) is 0 Å². The average Bonchev–Trinajstić information content (AvgIpc) is 2.87. The molecule has 0 radical (unpaired) electrons. The first-order valence-electron chi connectivity index (χ1n) is 15.1. The lowest BCUT2D eigenvalue weighted by Crippen LogP contribution is -2.03. The summed E-state index contributed by atoms with van der Waals surface area (Å²) in [6, 6.07) is 0. The maximum Gasteiger partial charge on any atom is 0.305 e. The number of thioether (sulfide) groups is 1. The highest BCUT2D eigenvalue weighted by atomic mass is 32.2. The lowest BCUT2D eigenvalue weighted by atomic mass is 10.1. The van der Waals surface area contributed by atoms with Crippen LogP contribution < -0.4 is 0 Å². The van der Waals surface area contributed by atoms with Crippen LogP contribution in [0.4, 0.5) is 0 Å². The molecule has 0 saturated heterocycles. The summed E-state index contributed by atoms with van der Waals surface area (Å²) >= 11 is 2.16. The molecule has 0 bridgehead atoms. The van der Waals surface area contributed by atoms with Crippen LogP contribution >= 0.6 is 11.8 Å². The van der Waals surface area contributed by atoms with Crippen LogP contribution in [0.2, 0.25) is 0 Å². The first-order valence-corrected chi connectivity index (χ1v) is 16.2. The van der Waals surface area contributed by atoms with Crippen molar-refractivity contribution in [1.29, 1.82) is 0 Å². The topological polar surface area (TPSA) is 52.6 Å². The van der Waals surface area contributed by atoms with Gasteiger partial charge in [-0.05, 0) is 37.2 Å². The van der Waals surface area contributed by atoms with E-state index in [9.17, 15) is 9.59 Å². The van der Waals surface area contributed by atoms with Crippen molar-refractivity contribution in [2.24, 2.45) is 0 Å². The molecule has 0 rings (SSSR count). The van der Waals surface area contributed by atoms with Crippen LogP contribution in [-0.2, 0) is 19.1 Å². The number of rotatable bonds is 28. The highest BCUT2D eigenvalue weighted by molar-refractivity contribution is 7.99. The van der Waals surface area contributed by atoms with Crippen molar-refractivity contribution < 1.29 is 19.1 Å². The van der Waals surface area contributed by atoms with Crippen LogP contribution in [0.25, 0.3) is 0 Å². The molecule has 0 atom stereocenters. The molecule has 0 aromatic heterocycles. The van der Waals surface area contributed by atoms with Gasteiger partial charge in [0.15, 0.2) is 0 Å². The van der Waals surface area contributed by atoms with Gasteiger partial charge in [-0.25, -0.2) is 0 Å². The minimum atomic E-state index is -0.0705. The van der Waals surface area contributed by atoms with Gasteiger partial charge in [-0.2, -0.15) is 11.8 Å². The third-order valence-corrected chi connectivity index (χ3v) is 7.62. The van der Waals surface area contributed by atoms with Crippen molar-refractivity contribution in [3.8, 4) is 0 Å². The monoisotopic (exact) mass is 514 g/mol. The van der Waals surface area contributed by atoms with Crippen LogP contribution in [0.1, 0.15) is 155 Å². The lowest BCUT2D eigenvalue weighted by Gasteiger charge is -2.05. The number of carbonyl (C=O) groups is 2. The molecular formula is C30H58O4S. The Morgan fingerprint density at radius 3 is 0.971 bits per heavy atom. The molecular weight excluding hydrogens is 456 g/mol. The number of unbranched alkanes of at least 4 members (excludes halogenated alkanes) is 18. The van der Waals surface area contributed by atoms with E-state index in [4.69, 9.17) is 9.47 Å². The van der Waals surface area contributed by atoms with Gasteiger partial charge in [0.25, 0.3) is 0 Å². The van der Waals surface area contributed by atoms with Crippen LogP contribution in [0.3, 0.4) is 0 Å². The smallest absolute Gasteiger partial charge is 0.305 e. The third kappa shape index (κ3) is 29.4. The van der Waals surface area contributed by atoms with E-state index in [1.54, 1.807) is 0 Å². The van der Waals surface area contributed by atoms with Gasteiger partial charge in [-0.3, -0.25) is 9.59 Å². The van der Waals surface area contributed by atoms with Gasteiger partial charge >= 0.3 is 11.9 Å². The standard InChI is InChI=1S/C30H58O4S/c1-3-29(31)33-25-21-17-13-9-5-7-11-15-19-23-27-35-28-24-20-16-12-8-6-10-14-18-22-26-34-30(32)4-2/h3-28H2,1-2H3. The summed E-state index contributed by atoms with van der Waals surface area (Å²) in [4.78, 5) is 22.1. The fraction of sp³-hybridized carbons (Fsp3) is 0.933. The molecule has 0 amide bonds. The molecule has 0 aliphatic carbocycles. The highest BCUT2D eigenvalue weighted by Gasteiger charge is 1.99. The molecule has 35 heavy (non-hydrogen) atoms. The average molecular weight is 515 g/mol. The maximum absolute atomic E-state index is 11.0. The van der Waals surface area contributed by atoms with Crippen LogP contribution in [0.5, 0.6) is 0 Å². The quantitative estimate of drug-likeness (QED) is 0.0768. The Bertz CT molecular complexity index is 416. The zero-order valence-electron chi connectivity index (χ0n) is 23.4. The fourth-order valence-corrected chi connectivity index (χ4v) is 5.14. The Morgan fingerprint density at radius 1 is 0.429 bits per heavy atom. The molecule has 5 heteroatoms. The number of hydrogen-bond donors (Lipinski definition) is 0. The summed E-state index contributed by atoms with van der Waals surface area (Å²) in [5.41, 5.74) is 0. The summed E-state index contributed by atoms with van der Waals surface area (Å²) in [7, 11) is 0. The molecule has 208 valence electrons. The Morgan fingerprint density at radius 2 is 0.686 bits per heavy atom. The molecule has 0 heterocycles. The predicted octanol–water partition coefficient (Wildman–Crippen LogP) is 9.43. The SMILES string of the molecule is CCC(=O)OCCCCCCCCCCCCSCCCCCCCCCCCCOC(=O)CC. The molecule has 0 saturated carbocycles. The van der Waals surface area contributed by atoms with Gasteiger partial charge in [0.05, 0.1) is 13.2 Å². The van der Waals surface area contributed by atoms with E-state index in [0.29, 0.717) is 26.1 Å². The van der Waals surface area contributed by atoms with E-state index in [-0.39, 0.29) is 11.9 Å². The molecule has 4 nitrogen and oxygen atoms in total. The minimum absolute atomic E-state index is 0.0705. The molecule has 0 spiro atoms. The normalized spacial score (nSPS) is 11.0. The van der Waals surface area contributed by atoms with Gasteiger partial charge in [0.1, 0.15) is 0 Å². The van der Waals surface area contributed by atoms with Gasteiger partial charge in [0, 0.05) is 12.8 Å². The maximum atomic E-state index is 11.0. The lowest BCUT2D eigenvalue weighted by molar-refractivity contribution is -0.144. The van der Waals surface area contributed by atoms with Gasteiger partial charge in [-0.1, -0.05) is 117 Å². The summed E-state index contributed by atoms with van der Waals surface area (Å²) in [5.74, 6) is 2.55. The third-order valence-electron chi connectivity index (χ3n) is 6.47. The van der Waals surface area contributed by atoms with Gasteiger partial charge in [-0.15, -0.1) is 0 Å². The molecule has 0 unspecified atom stereocenters. The summed E-state index contributed by atoms with van der Waals surface area (Å²) in [5, 5.41) is 0. The zero-order chi connectivity index (χ0) is 25.7. The summed E-state index contributed by atoms with van der Waals surface area (Å²) < 4.78 is 10.2. The first-order chi connectivity index (χ1) is 17.2. The second-order valence-corrected chi connectivity index (χ2v) is 11.1. The molecule has 0 N–H and O–H groups in total. The van der Waals surface area contributed by atoms with E-state index in [1.807, 2.05) is 13.8 Å². The molecule has 0 aromatic rings. The van der Waals surface area contributed by atoms with E-state index in [0.717, 1.165) is 12.8 Å². The molecule has 0 fully saturated rings. The zero-order valence-corrected chi connectivity index (χ0v) is 24.2. The Labute approximate surface area is 222 Å². The fourth-order valence-electron chi connectivity index (χ4n) is 4.12. The summed E-state index contributed by atoms with van der Waals surface area (Å²) in [6.07, 6.45) is 27.3. The number of ether oxygens (including phenoxy) is 2. The summed E-state index contributed by atoms with van der Waals surface area (Å²) in [6.45, 7) is 4.90. The van der Waals surface area contributed by atoms with Crippen molar-refractivity contribution in [2.75, 3.05) is 24.7 Å². The van der Waals surface area contributed by atoms with Gasteiger partial charge < -0.3 is 9.47 Å². The largest absolute Gasteiger partial charge is 0.466 e. The van der Waals surface area contributed by atoms with Crippen molar-refractivity contribution in [1.82, 2.24) is 0 Å². The van der Waals surface area contributed by atoms with Crippen molar-refractivity contribution >= 4 is 23.7 Å². The molecule has 0 aromatic carbocycles. The predicted molar refractivity (Wildman–Crippen MR) is 152 cm³/mol. The first kappa shape index (κ1) is 34.3. The van der Waals surface area contributed by atoms with Crippen LogP contribution in [-0.4, -0.2) is 36.7 Å². The minimum Gasteiger partial charge on any atom is -0.466 e. The number of carbonyl (C=O) groups excluding carboxylic acids is 2. The second kappa shape index (κ2) is 29.5. The molecule has 0 aliphatic heterocycles. The Balaban J connectivity index is 3.05. The molecule has 0 aliphatic rings. The van der Waals surface area contributed by atoms with Crippen molar-refractivity contribution in [3.05, 3.63) is 0 Å². The van der Waals surface area contributed by atoms with Crippen LogP contribution in [0, 0.1) is 0 Å². The Hall–Kier alpha value is -0.710. The van der Waals surface area contributed by atoms with E-state index < -0.39 is 0 Å². The Kier molecular flexibility index (Phi) is 28.9. The second-order valence-electron chi connectivity index (χ2n) is 9.83. The van der Waals surface area contributed by atoms with Crippen molar-refractivity contribution in [2.45, 2.75) is 155 Å². The van der Waals surface area contributed by atoms with E-state index in [2.05, 4.69) is 11.8 Å². The van der Waals surface area contributed by atoms with E-state index in [1.165, 1.54) is 127 Å². The number of hydrogen-bond acceptors (Lipinski definition) is 5. The van der Waals surface area contributed by atoms with Crippen molar-refractivity contribution in [3.63, 3.8) is 0 Å².